The zero-order valence-corrected chi connectivity index (χ0v) is 16.5. The second-order valence-electron chi connectivity index (χ2n) is 6.47. The molecule has 7 nitrogen and oxygen atoms in total. The second-order valence-corrected chi connectivity index (χ2v) is 6.47. The molecule has 0 unspecified atom stereocenters. The van der Waals surface area contributed by atoms with Crippen molar-refractivity contribution in [3.05, 3.63) is 65.5 Å². The van der Waals surface area contributed by atoms with Crippen molar-refractivity contribution in [2.45, 2.75) is 26.6 Å². The summed E-state index contributed by atoms with van der Waals surface area (Å²) in [4.78, 5) is 16.8. The van der Waals surface area contributed by atoms with Gasteiger partial charge in [-0.1, -0.05) is 30.3 Å². The molecule has 0 atom stereocenters. The average Bonchev–Trinajstić information content (AvgIpc) is 3.09. The molecular weight excluding hydrogens is 370 g/mol. The number of carbonyl (C=O) groups excluding carboxylic acids is 1. The number of fused-ring (bicyclic) bond motifs is 1. The van der Waals surface area contributed by atoms with Crippen LogP contribution in [-0.4, -0.2) is 28.6 Å². The highest BCUT2D eigenvalue weighted by molar-refractivity contribution is 5.98. The van der Waals surface area contributed by atoms with Gasteiger partial charge in [0.1, 0.15) is 23.9 Å². The van der Waals surface area contributed by atoms with Gasteiger partial charge in [0.05, 0.1) is 13.2 Å². The first kappa shape index (κ1) is 20.0. The molecule has 7 heteroatoms. The van der Waals surface area contributed by atoms with E-state index in [1.807, 2.05) is 50.2 Å². The molecule has 29 heavy (non-hydrogen) atoms. The Hall–Kier alpha value is -3.79. The van der Waals surface area contributed by atoms with Crippen molar-refractivity contribution in [2.75, 3.05) is 7.11 Å². The summed E-state index contributed by atoms with van der Waals surface area (Å²) in [5.74, 6) is 0.127. The number of hydrogen-bond donors (Lipinski definition) is 0. The van der Waals surface area contributed by atoms with Gasteiger partial charge in [0, 0.05) is 6.20 Å². The Kier molecular flexibility index (Phi) is 6.15. The van der Waals surface area contributed by atoms with Crippen LogP contribution in [0.25, 0.3) is 11.7 Å². The number of rotatable bonds is 7. The smallest absolute Gasteiger partial charge is 0.349 e. The lowest BCUT2D eigenvalue weighted by Gasteiger charge is -2.10. The first-order valence-electron chi connectivity index (χ1n) is 9.08. The van der Waals surface area contributed by atoms with E-state index in [0.717, 1.165) is 5.56 Å². The van der Waals surface area contributed by atoms with Crippen LogP contribution in [0.2, 0.25) is 0 Å². The molecule has 148 valence electrons. The first-order valence-corrected chi connectivity index (χ1v) is 9.08. The van der Waals surface area contributed by atoms with Crippen molar-refractivity contribution in [3.63, 3.8) is 0 Å². The highest BCUT2D eigenvalue weighted by atomic mass is 16.5. The highest BCUT2D eigenvalue weighted by Gasteiger charge is 2.19. The van der Waals surface area contributed by atoms with E-state index in [9.17, 15) is 10.1 Å². The zero-order chi connectivity index (χ0) is 20.8. The molecule has 0 aliphatic carbocycles. The molecule has 0 aliphatic heterocycles. The second kappa shape index (κ2) is 8.93. The summed E-state index contributed by atoms with van der Waals surface area (Å²) in [6.07, 6.45) is 3.13. The lowest BCUT2D eigenvalue weighted by molar-refractivity contribution is -0.139. The van der Waals surface area contributed by atoms with Crippen LogP contribution in [-0.2, 0) is 16.1 Å². The monoisotopic (exact) mass is 391 g/mol. The molecule has 0 fully saturated rings. The number of benzene rings is 1. The van der Waals surface area contributed by atoms with Crippen LogP contribution in [0.4, 0.5) is 0 Å². The SMILES string of the molecule is COc1nc2c(OC(C)C)cccn2c1/C=C(/C#N)C(=O)OCc1ccccc1. The van der Waals surface area contributed by atoms with Gasteiger partial charge in [-0.15, -0.1) is 0 Å². The van der Waals surface area contributed by atoms with Crippen LogP contribution in [0.1, 0.15) is 25.1 Å². The van der Waals surface area contributed by atoms with Crippen molar-refractivity contribution in [3.8, 4) is 17.7 Å². The topological polar surface area (TPSA) is 85.9 Å². The minimum Gasteiger partial charge on any atom is -0.487 e. The summed E-state index contributed by atoms with van der Waals surface area (Å²) in [6, 6.07) is 14.8. The van der Waals surface area contributed by atoms with Crippen molar-refractivity contribution in [1.29, 1.82) is 5.26 Å². The number of ether oxygens (including phenoxy) is 3. The lowest BCUT2D eigenvalue weighted by atomic mass is 10.2. The van der Waals surface area contributed by atoms with E-state index in [1.54, 1.807) is 22.7 Å². The van der Waals surface area contributed by atoms with E-state index in [-0.39, 0.29) is 24.2 Å². The van der Waals surface area contributed by atoms with E-state index in [1.165, 1.54) is 13.2 Å². The van der Waals surface area contributed by atoms with Crippen molar-refractivity contribution < 1.29 is 19.0 Å². The van der Waals surface area contributed by atoms with Crippen LogP contribution in [0.5, 0.6) is 11.6 Å². The number of nitrogens with zero attached hydrogens (tertiary/aromatic N) is 3. The fourth-order valence-electron chi connectivity index (χ4n) is 2.74. The molecule has 2 aromatic heterocycles. The van der Waals surface area contributed by atoms with Gasteiger partial charge in [-0.25, -0.2) is 4.79 Å². The van der Waals surface area contributed by atoms with E-state index in [4.69, 9.17) is 14.2 Å². The largest absolute Gasteiger partial charge is 0.487 e. The summed E-state index contributed by atoms with van der Waals surface area (Å²) in [7, 11) is 1.47. The summed E-state index contributed by atoms with van der Waals surface area (Å²) in [5.41, 5.74) is 1.65. The molecule has 0 saturated carbocycles. The molecule has 3 rings (SSSR count). The van der Waals surface area contributed by atoms with Crippen LogP contribution in [0, 0.1) is 11.3 Å². The van der Waals surface area contributed by atoms with E-state index in [0.29, 0.717) is 17.1 Å². The fourth-order valence-corrected chi connectivity index (χ4v) is 2.74. The number of aromatic nitrogens is 2. The maximum atomic E-state index is 12.4. The zero-order valence-electron chi connectivity index (χ0n) is 16.5. The van der Waals surface area contributed by atoms with Gasteiger partial charge in [-0.3, -0.25) is 4.40 Å². The molecule has 0 bridgehead atoms. The summed E-state index contributed by atoms with van der Waals surface area (Å²) >= 11 is 0. The van der Waals surface area contributed by atoms with E-state index in [2.05, 4.69) is 4.98 Å². The fraction of sp³-hybridized carbons (Fsp3) is 0.227. The molecule has 1 aromatic carbocycles. The molecule has 0 N–H and O–H groups in total. The highest BCUT2D eigenvalue weighted by Crippen LogP contribution is 2.28. The van der Waals surface area contributed by atoms with Gasteiger partial charge in [0.15, 0.2) is 11.4 Å². The van der Waals surface area contributed by atoms with Gasteiger partial charge >= 0.3 is 5.97 Å². The number of carbonyl (C=O) groups is 1. The van der Waals surface area contributed by atoms with Crippen LogP contribution >= 0.6 is 0 Å². The Bertz CT molecular complexity index is 1080. The van der Waals surface area contributed by atoms with Crippen molar-refractivity contribution in [2.24, 2.45) is 0 Å². The molecule has 0 amide bonds. The Balaban J connectivity index is 1.94. The van der Waals surface area contributed by atoms with Crippen molar-refractivity contribution >= 4 is 17.7 Å². The maximum absolute atomic E-state index is 12.4. The Morgan fingerprint density at radius 2 is 2.00 bits per heavy atom. The van der Waals surface area contributed by atoms with Gasteiger partial charge in [0.2, 0.25) is 5.88 Å². The third-order valence-electron chi connectivity index (χ3n) is 4.01. The normalized spacial score (nSPS) is 11.3. The minimum absolute atomic E-state index is 0.0366. The number of methoxy groups -OCH3 is 1. The molecule has 3 aromatic rings. The number of imidazole rings is 1. The van der Waals surface area contributed by atoms with Gasteiger partial charge in [0.25, 0.3) is 0 Å². The van der Waals surface area contributed by atoms with Crippen molar-refractivity contribution in [1.82, 2.24) is 9.38 Å². The number of esters is 1. The predicted molar refractivity (Wildman–Crippen MR) is 107 cm³/mol. The molecule has 0 radical (unpaired) electrons. The molecule has 0 aliphatic rings. The Labute approximate surface area is 168 Å². The summed E-state index contributed by atoms with van der Waals surface area (Å²) in [6.45, 7) is 3.91. The van der Waals surface area contributed by atoms with E-state index >= 15 is 0 Å². The first-order chi connectivity index (χ1) is 14.0. The lowest BCUT2D eigenvalue weighted by Crippen LogP contribution is -2.08. The third kappa shape index (κ3) is 4.55. The number of nitriles is 1. The van der Waals surface area contributed by atoms with Gasteiger partial charge in [-0.2, -0.15) is 10.2 Å². The van der Waals surface area contributed by atoms with Gasteiger partial charge in [-0.05, 0) is 37.6 Å². The third-order valence-corrected chi connectivity index (χ3v) is 4.01. The summed E-state index contributed by atoms with van der Waals surface area (Å²) < 4.78 is 18.1. The Morgan fingerprint density at radius 3 is 2.66 bits per heavy atom. The number of pyridine rings is 1. The molecule has 0 spiro atoms. The van der Waals surface area contributed by atoms with Crippen LogP contribution in [0.15, 0.2) is 54.2 Å². The van der Waals surface area contributed by atoms with Gasteiger partial charge < -0.3 is 14.2 Å². The maximum Gasteiger partial charge on any atom is 0.349 e. The average molecular weight is 391 g/mol. The standard InChI is InChI=1S/C22H21N3O4/c1-15(2)29-19-10-7-11-25-18(21(27-3)24-20(19)25)12-17(13-23)22(26)28-14-16-8-5-4-6-9-16/h4-12,15H,14H2,1-3H3/b17-12-. The van der Waals surface area contributed by atoms with E-state index < -0.39 is 5.97 Å². The molecule has 0 saturated heterocycles. The quantitative estimate of drug-likeness (QED) is 0.346. The predicted octanol–water partition coefficient (Wildman–Crippen LogP) is 3.78. The molecule has 2 heterocycles. The van der Waals surface area contributed by atoms with Crippen LogP contribution in [0.3, 0.4) is 0 Å². The minimum atomic E-state index is -0.719. The molecular formula is C22H21N3O4. The number of hydrogen-bond acceptors (Lipinski definition) is 6. The Morgan fingerprint density at radius 1 is 1.24 bits per heavy atom. The van der Waals surface area contributed by atoms with Crippen LogP contribution < -0.4 is 9.47 Å². The summed E-state index contributed by atoms with van der Waals surface area (Å²) in [5, 5.41) is 9.49.